The Balaban J connectivity index is 1.39. The van der Waals surface area contributed by atoms with E-state index in [1.165, 1.54) is 31.5 Å². The number of nitrogen functional groups attached to an aromatic ring is 1. The zero-order chi connectivity index (χ0) is 15.2. The van der Waals surface area contributed by atoms with Gasteiger partial charge in [-0.2, -0.15) is 0 Å². The molecule has 1 saturated heterocycles. The second-order valence-electron chi connectivity index (χ2n) is 6.08. The van der Waals surface area contributed by atoms with Crippen LogP contribution < -0.4 is 15.4 Å². The molecule has 5 heteroatoms. The highest BCUT2D eigenvalue weighted by Crippen LogP contribution is 2.33. The number of hydrogen-bond acceptors (Lipinski definition) is 5. The highest BCUT2D eigenvalue weighted by Gasteiger charge is 2.17. The van der Waals surface area contributed by atoms with Gasteiger partial charge in [0.2, 0.25) is 0 Å². The van der Waals surface area contributed by atoms with Gasteiger partial charge >= 0.3 is 0 Å². The number of anilines is 2. The Morgan fingerprint density at radius 3 is 2.64 bits per heavy atom. The van der Waals surface area contributed by atoms with Crippen LogP contribution in [0.5, 0.6) is 5.75 Å². The van der Waals surface area contributed by atoms with Gasteiger partial charge in [0.15, 0.2) is 0 Å². The molecule has 2 N–H and O–H groups in total. The van der Waals surface area contributed by atoms with Crippen molar-refractivity contribution in [3.8, 4) is 5.75 Å². The van der Waals surface area contributed by atoms with E-state index in [9.17, 15) is 0 Å². The first-order valence-corrected chi connectivity index (χ1v) is 8.40. The van der Waals surface area contributed by atoms with Crippen molar-refractivity contribution in [3.63, 3.8) is 0 Å². The quantitative estimate of drug-likeness (QED) is 0.643. The van der Waals surface area contributed by atoms with Crippen molar-refractivity contribution >= 4 is 11.4 Å². The molecule has 5 nitrogen and oxygen atoms in total. The van der Waals surface area contributed by atoms with Crippen molar-refractivity contribution < 1.29 is 9.47 Å². The first-order chi connectivity index (χ1) is 10.8. The van der Waals surface area contributed by atoms with Crippen molar-refractivity contribution in [2.75, 3.05) is 63.2 Å². The minimum absolute atomic E-state index is 0.754. The van der Waals surface area contributed by atoms with E-state index >= 15 is 0 Å². The van der Waals surface area contributed by atoms with Crippen LogP contribution in [0.15, 0.2) is 18.2 Å². The second kappa shape index (κ2) is 7.70. The molecule has 0 aromatic heterocycles. The zero-order valence-electron chi connectivity index (χ0n) is 13.3. The summed E-state index contributed by atoms with van der Waals surface area (Å²) in [6.07, 6.45) is 3.78. The van der Waals surface area contributed by atoms with Gasteiger partial charge in [-0.25, -0.2) is 0 Å². The molecule has 3 rings (SSSR count). The molecule has 1 aromatic rings. The smallest absolute Gasteiger partial charge is 0.144 e. The van der Waals surface area contributed by atoms with Crippen molar-refractivity contribution in [2.45, 2.75) is 19.3 Å². The van der Waals surface area contributed by atoms with E-state index in [0.29, 0.717) is 0 Å². The fourth-order valence-corrected chi connectivity index (χ4v) is 3.17. The van der Waals surface area contributed by atoms with E-state index < -0.39 is 0 Å². The molecule has 122 valence electrons. The summed E-state index contributed by atoms with van der Waals surface area (Å²) in [5.74, 6) is 0.930. The molecule has 0 aliphatic carbocycles. The Bertz CT molecular complexity index is 475. The summed E-state index contributed by atoms with van der Waals surface area (Å²) in [6, 6.07) is 5.97. The van der Waals surface area contributed by atoms with Crippen molar-refractivity contribution in [3.05, 3.63) is 18.2 Å². The van der Waals surface area contributed by atoms with Crippen LogP contribution in [0, 0.1) is 0 Å². The number of ether oxygens (including phenoxy) is 2. The highest BCUT2D eigenvalue weighted by molar-refractivity contribution is 5.64. The molecular weight excluding hydrogens is 278 g/mol. The number of unbranched alkanes of at least 4 members (excludes halogenated alkanes) is 2. The van der Waals surface area contributed by atoms with Gasteiger partial charge in [-0.15, -0.1) is 0 Å². The Hall–Kier alpha value is -1.46. The lowest BCUT2D eigenvalue weighted by Crippen LogP contribution is -2.37. The van der Waals surface area contributed by atoms with Gasteiger partial charge in [0, 0.05) is 31.4 Å². The molecule has 2 aliphatic rings. The predicted molar refractivity (Wildman–Crippen MR) is 89.7 cm³/mol. The average molecular weight is 305 g/mol. The lowest BCUT2D eigenvalue weighted by Gasteiger charge is -2.31. The molecule has 22 heavy (non-hydrogen) atoms. The van der Waals surface area contributed by atoms with Gasteiger partial charge in [0.1, 0.15) is 12.4 Å². The Morgan fingerprint density at radius 2 is 1.77 bits per heavy atom. The number of benzene rings is 1. The third kappa shape index (κ3) is 4.05. The summed E-state index contributed by atoms with van der Waals surface area (Å²) in [5.41, 5.74) is 7.78. The number of nitrogens with zero attached hydrogens (tertiary/aromatic N) is 2. The monoisotopic (exact) mass is 305 g/mol. The summed E-state index contributed by atoms with van der Waals surface area (Å²) >= 11 is 0. The number of hydrogen-bond donors (Lipinski definition) is 1. The van der Waals surface area contributed by atoms with Crippen LogP contribution in [0.3, 0.4) is 0 Å². The van der Waals surface area contributed by atoms with Gasteiger partial charge in [0.25, 0.3) is 0 Å². The van der Waals surface area contributed by atoms with Gasteiger partial charge in [-0.1, -0.05) is 6.42 Å². The molecule has 1 aromatic carbocycles. The van der Waals surface area contributed by atoms with Crippen LogP contribution in [0.4, 0.5) is 11.4 Å². The van der Waals surface area contributed by atoms with Gasteiger partial charge < -0.3 is 20.1 Å². The molecule has 0 unspecified atom stereocenters. The van der Waals surface area contributed by atoms with Crippen LogP contribution in [0.25, 0.3) is 0 Å². The number of fused-ring (bicyclic) bond motifs is 1. The summed E-state index contributed by atoms with van der Waals surface area (Å²) in [5, 5.41) is 0. The zero-order valence-corrected chi connectivity index (χ0v) is 13.3. The maximum atomic E-state index is 5.83. The van der Waals surface area contributed by atoms with E-state index in [4.69, 9.17) is 15.2 Å². The molecular formula is C17H27N3O2. The third-order valence-corrected chi connectivity index (χ3v) is 4.45. The molecule has 2 heterocycles. The topological polar surface area (TPSA) is 51.0 Å². The fraction of sp³-hybridized carbons (Fsp3) is 0.647. The van der Waals surface area contributed by atoms with Crippen LogP contribution >= 0.6 is 0 Å². The predicted octanol–water partition coefficient (Wildman–Crippen LogP) is 1.97. The SMILES string of the molecule is Nc1ccc2c(c1)OCCN2CCCCCN1CCOCC1. The van der Waals surface area contributed by atoms with Gasteiger partial charge in [-0.05, 0) is 31.5 Å². The van der Waals surface area contributed by atoms with Crippen molar-refractivity contribution in [2.24, 2.45) is 0 Å². The molecule has 0 amide bonds. The highest BCUT2D eigenvalue weighted by atomic mass is 16.5. The summed E-state index contributed by atoms with van der Waals surface area (Å²) < 4.78 is 11.1. The molecule has 2 aliphatic heterocycles. The molecule has 0 atom stereocenters. The second-order valence-corrected chi connectivity index (χ2v) is 6.08. The summed E-state index contributed by atoms with van der Waals surface area (Å²) in [7, 11) is 0. The largest absolute Gasteiger partial charge is 0.489 e. The summed E-state index contributed by atoms with van der Waals surface area (Å²) in [6.45, 7) is 8.02. The first-order valence-electron chi connectivity index (χ1n) is 8.40. The molecule has 0 bridgehead atoms. The minimum atomic E-state index is 0.754. The fourth-order valence-electron chi connectivity index (χ4n) is 3.17. The Labute approximate surface area is 133 Å². The van der Waals surface area contributed by atoms with E-state index in [1.807, 2.05) is 12.1 Å². The first kappa shape index (κ1) is 15.4. The third-order valence-electron chi connectivity index (χ3n) is 4.45. The van der Waals surface area contributed by atoms with Crippen molar-refractivity contribution in [1.29, 1.82) is 0 Å². The number of rotatable bonds is 6. The molecule has 0 radical (unpaired) electrons. The molecule has 1 fully saturated rings. The Kier molecular flexibility index (Phi) is 5.40. The molecule has 0 spiro atoms. The lowest BCUT2D eigenvalue weighted by molar-refractivity contribution is 0.0371. The maximum absolute atomic E-state index is 5.83. The van der Waals surface area contributed by atoms with Crippen molar-refractivity contribution in [1.82, 2.24) is 4.90 Å². The number of nitrogens with two attached hydrogens (primary N) is 1. The average Bonchev–Trinajstić information content (AvgIpc) is 2.55. The number of morpholine rings is 1. The maximum Gasteiger partial charge on any atom is 0.144 e. The summed E-state index contributed by atoms with van der Waals surface area (Å²) in [4.78, 5) is 4.93. The Morgan fingerprint density at radius 1 is 0.955 bits per heavy atom. The van der Waals surface area contributed by atoms with Crippen LogP contribution in [-0.2, 0) is 4.74 Å². The normalized spacial score (nSPS) is 18.8. The standard InChI is InChI=1S/C17H27N3O2/c18-15-4-5-16-17(14-15)22-13-10-20(16)7-3-1-2-6-19-8-11-21-12-9-19/h4-5,14H,1-3,6-13,18H2. The van der Waals surface area contributed by atoms with Crippen LogP contribution in [0.2, 0.25) is 0 Å². The van der Waals surface area contributed by atoms with E-state index in [2.05, 4.69) is 15.9 Å². The van der Waals surface area contributed by atoms with E-state index in [0.717, 1.165) is 57.4 Å². The van der Waals surface area contributed by atoms with Gasteiger partial charge in [0.05, 0.1) is 25.4 Å². The van der Waals surface area contributed by atoms with Crippen LogP contribution in [0.1, 0.15) is 19.3 Å². The lowest BCUT2D eigenvalue weighted by atomic mass is 10.1. The van der Waals surface area contributed by atoms with E-state index in [-0.39, 0.29) is 0 Å². The molecule has 0 saturated carbocycles. The van der Waals surface area contributed by atoms with Gasteiger partial charge in [-0.3, -0.25) is 4.90 Å². The van der Waals surface area contributed by atoms with E-state index in [1.54, 1.807) is 0 Å². The van der Waals surface area contributed by atoms with Crippen LogP contribution in [-0.4, -0.2) is 57.4 Å². The minimum Gasteiger partial charge on any atom is -0.489 e.